The Hall–Kier alpha value is -1.55. The average Bonchev–Trinajstić information content (AvgIpc) is 2.55. The first-order valence-electron chi connectivity index (χ1n) is 5.68. The number of rotatable bonds is 3. The summed E-state index contributed by atoms with van der Waals surface area (Å²) in [6.07, 6.45) is 0.418. The molecule has 0 unspecified atom stereocenters. The highest BCUT2D eigenvalue weighted by Crippen LogP contribution is 2.29. The third kappa shape index (κ3) is 2.20. The zero-order valence-corrected chi connectivity index (χ0v) is 11.3. The van der Waals surface area contributed by atoms with Crippen molar-refractivity contribution in [1.29, 1.82) is 0 Å². The van der Waals surface area contributed by atoms with Crippen LogP contribution in [0.25, 0.3) is 11.0 Å². The molecule has 2 rings (SSSR count). The van der Waals surface area contributed by atoms with Gasteiger partial charge in [-0.05, 0) is 39.3 Å². The Morgan fingerprint density at radius 1 is 1.50 bits per heavy atom. The molecular formula is C13H15ClN2O2. The van der Waals surface area contributed by atoms with Crippen LogP contribution in [0.3, 0.4) is 0 Å². The van der Waals surface area contributed by atoms with E-state index in [1.807, 2.05) is 13.0 Å². The lowest BCUT2D eigenvalue weighted by atomic mass is 9.85. The molecule has 2 aromatic heterocycles. The summed E-state index contributed by atoms with van der Waals surface area (Å²) in [6.45, 7) is 5.33. The van der Waals surface area contributed by atoms with E-state index in [2.05, 4.69) is 9.97 Å². The predicted molar refractivity (Wildman–Crippen MR) is 71.0 cm³/mol. The molecule has 0 spiro atoms. The molecule has 0 atom stereocenters. The summed E-state index contributed by atoms with van der Waals surface area (Å²) in [6, 6.07) is 3.57. The molecule has 0 amide bonds. The minimum atomic E-state index is -0.829. The molecule has 0 fully saturated rings. The molecule has 0 aliphatic carbocycles. The number of carboxylic acids is 1. The number of carboxylic acid groups (broad SMARTS) is 1. The van der Waals surface area contributed by atoms with Gasteiger partial charge in [0.2, 0.25) is 0 Å². The molecule has 96 valence electrons. The van der Waals surface area contributed by atoms with Gasteiger partial charge in [-0.1, -0.05) is 11.6 Å². The number of hydrogen-bond donors (Lipinski definition) is 2. The van der Waals surface area contributed by atoms with Gasteiger partial charge >= 0.3 is 5.97 Å². The highest BCUT2D eigenvalue weighted by atomic mass is 35.5. The Labute approximate surface area is 110 Å². The minimum Gasteiger partial charge on any atom is -0.481 e. The number of pyridine rings is 1. The van der Waals surface area contributed by atoms with E-state index in [1.54, 1.807) is 19.9 Å². The maximum Gasteiger partial charge on any atom is 0.309 e. The van der Waals surface area contributed by atoms with E-state index in [0.717, 1.165) is 22.3 Å². The summed E-state index contributed by atoms with van der Waals surface area (Å²) in [7, 11) is 0. The Morgan fingerprint density at radius 3 is 2.78 bits per heavy atom. The summed E-state index contributed by atoms with van der Waals surface area (Å²) in [5.41, 5.74) is 2.67. The van der Waals surface area contributed by atoms with Gasteiger partial charge in [0.05, 0.1) is 16.4 Å². The maximum atomic E-state index is 11.2. The van der Waals surface area contributed by atoms with Crippen molar-refractivity contribution < 1.29 is 9.90 Å². The predicted octanol–water partition coefficient (Wildman–Crippen LogP) is 3.18. The second-order valence-electron chi connectivity index (χ2n) is 5.12. The molecule has 4 nitrogen and oxygen atoms in total. The van der Waals surface area contributed by atoms with Crippen LogP contribution in [-0.4, -0.2) is 21.0 Å². The van der Waals surface area contributed by atoms with Gasteiger partial charge in [0.1, 0.15) is 5.15 Å². The van der Waals surface area contributed by atoms with E-state index in [0.29, 0.717) is 11.6 Å². The van der Waals surface area contributed by atoms with E-state index < -0.39 is 11.4 Å². The Morgan fingerprint density at radius 2 is 2.17 bits per heavy atom. The molecule has 18 heavy (non-hydrogen) atoms. The fourth-order valence-corrected chi connectivity index (χ4v) is 2.10. The molecule has 2 heterocycles. The number of nitrogens with zero attached hydrogens (tertiary/aromatic N) is 1. The van der Waals surface area contributed by atoms with E-state index in [9.17, 15) is 9.90 Å². The van der Waals surface area contributed by atoms with Crippen molar-refractivity contribution in [2.75, 3.05) is 0 Å². The van der Waals surface area contributed by atoms with Crippen molar-refractivity contribution in [3.8, 4) is 0 Å². The van der Waals surface area contributed by atoms with Crippen LogP contribution >= 0.6 is 11.6 Å². The molecule has 0 aromatic carbocycles. The van der Waals surface area contributed by atoms with Gasteiger partial charge < -0.3 is 10.1 Å². The smallest absolute Gasteiger partial charge is 0.309 e. The number of carbonyl (C=O) groups is 1. The third-order valence-electron chi connectivity index (χ3n) is 3.12. The van der Waals surface area contributed by atoms with Crippen LogP contribution < -0.4 is 0 Å². The maximum absolute atomic E-state index is 11.2. The lowest BCUT2D eigenvalue weighted by Gasteiger charge is -2.18. The van der Waals surface area contributed by atoms with Crippen LogP contribution in [0.4, 0.5) is 0 Å². The number of fused-ring (bicyclic) bond motifs is 1. The topological polar surface area (TPSA) is 66.0 Å². The Kier molecular flexibility index (Phi) is 3.07. The van der Waals surface area contributed by atoms with Crippen LogP contribution in [0.15, 0.2) is 12.1 Å². The normalized spacial score (nSPS) is 12.0. The summed E-state index contributed by atoms with van der Waals surface area (Å²) in [5, 5.41) is 9.61. The molecular weight excluding hydrogens is 252 g/mol. The largest absolute Gasteiger partial charge is 0.481 e. The van der Waals surface area contributed by atoms with Crippen molar-refractivity contribution in [3.63, 3.8) is 0 Å². The molecule has 0 bridgehead atoms. The number of aryl methyl sites for hydroxylation is 1. The summed E-state index contributed by atoms with van der Waals surface area (Å²) >= 11 is 5.89. The number of H-pyrrole nitrogens is 1. The molecule has 2 N–H and O–H groups in total. The number of aromatic nitrogens is 2. The molecule has 0 radical (unpaired) electrons. The van der Waals surface area contributed by atoms with Crippen molar-refractivity contribution in [2.24, 2.45) is 5.41 Å². The highest BCUT2D eigenvalue weighted by molar-refractivity contribution is 6.29. The van der Waals surface area contributed by atoms with Crippen molar-refractivity contribution >= 4 is 28.6 Å². The van der Waals surface area contributed by atoms with Crippen molar-refractivity contribution in [3.05, 3.63) is 28.5 Å². The zero-order valence-electron chi connectivity index (χ0n) is 10.5. The van der Waals surface area contributed by atoms with Crippen LogP contribution in [0.2, 0.25) is 5.15 Å². The van der Waals surface area contributed by atoms with Gasteiger partial charge in [-0.2, -0.15) is 0 Å². The fourth-order valence-electron chi connectivity index (χ4n) is 1.96. The first-order chi connectivity index (χ1) is 8.31. The lowest BCUT2D eigenvalue weighted by molar-refractivity contribution is -0.146. The van der Waals surface area contributed by atoms with Crippen molar-refractivity contribution in [1.82, 2.24) is 9.97 Å². The highest BCUT2D eigenvalue weighted by Gasteiger charge is 2.29. The second-order valence-corrected chi connectivity index (χ2v) is 5.51. The molecule has 0 aliphatic heterocycles. The monoisotopic (exact) mass is 266 g/mol. The van der Waals surface area contributed by atoms with E-state index in [-0.39, 0.29) is 0 Å². The van der Waals surface area contributed by atoms with Crippen LogP contribution in [0, 0.1) is 12.3 Å². The standard InChI is InChI=1S/C13H15ClN2O2/c1-7-8(6-13(2,3)12(17)18)11-9(15-7)4-5-10(14)16-11/h4-5,15H,6H2,1-3H3,(H,17,18). The summed E-state index contributed by atoms with van der Waals surface area (Å²) in [4.78, 5) is 18.7. The zero-order chi connectivity index (χ0) is 13.5. The van der Waals surface area contributed by atoms with Gasteiger partial charge in [-0.15, -0.1) is 0 Å². The number of aliphatic carboxylic acids is 1. The Bertz CT molecular complexity index is 617. The van der Waals surface area contributed by atoms with Gasteiger partial charge in [0.15, 0.2) is 0 Å². The SMILES string of the molecule is Cc1[nH]c2ccc(Cl)nc2c1CC(C)(C)C(=O)O. The summed E-state index contributed by atoms with van der Waals surface area (Å²) < 4.78 is 0. The molecule has 0 aliphatic rings. The summed E-state index contributed by atoms with van der Waals surface area (Å²) in [5.74, 6) is -0.821. The Balaban J connectivity index is 2.53. The van der Waals surface area contributed by atoms with E-state index in [4.69, 9.17) is 11.6 Å². The number of nitrogens with one attached hydrogen (secondary N) is 1. The average molecular weight is 267 g/mol. The third-order valence-corrected chi connectivity index (χ3v) is 3.33. The minimum absolute atomic E-state index is 0.413. The number of aromatic amines is 1. The van der Waals surface area contributed by atoms with E-state index >= 15 is 0 Å². The van der Waals surface area contributed by atoms with Crippen LogP contribution in [0.1, 0.15) is 25.1 Å². The molecule has 5 heteroatoms. The van der Waals surface area contributed by atoms with Crippen molar-refractivity contribution in [2.45, 2.75) is 27.2 Å². The van der Waals surface area contributed by atoms with Gasteiger partial charge in [0, 0.05) is 11.3 Å². The van der Waals surface area contributed by atoms with E-state index in [1.165, 1.54) is 0 Å². The van der Waals surface area contributed by atoms with Crippen LogP contribution in [-0.2, 0) is 11.2 Å². The lowest BCUT2D eigenvalue weighted by Crippen LogP contribution is -2.26. The quantitative estimate of drug-likeness (QED) is 0.839. The van der Waals surface area contributed by atoms with Crippen LogP contribution in [0.5, 0.6) is 0 Å². The molecule has 2 aromatic rings. The number of halogens is 1. The fraction of sp³-hybridized carbons (Fsp3) is 0.385. The van der Waals surface area contributed by atoms with Gasteiger partial charge in [-0.25, -0.2) is 4.98 Å². The first kappa shape index (κ1) is 12.9. The van der Waals surface area contributed by atoms with Gasteiger partial charge in [-0.3, -0.25) is 4.79 Å². The molecule has 0 saturated heterocycles. The number of hydrogen-bond acceptors (Lipinski definition) is 2. The second kappa shape index (κ2) is 4.28. The molecule has 0 saturated carbocycles. The first-order valence-corrected chi connectivity index (χ1v) is 6.06. The van der Waals surface area contributed by atoms with Gasteiger partial charge in [0.25, 0.3) is 0 Å².